The second-order valence-electron chi connectivity index (χ2n) is 6.03. The topological polar surface area (TPSA) is 101 Å². The summed E-state index contributed by atoms with van der Waals surface area (Å²) in [5, 5.41) is 2.77. The van der Waals surface area contributed by atoms with E-state index in [9.17, 15) is 13.2 Å². The molecule has 1 aliphatic heterocycles. The number of hydrogen-bond donors (Lipinski definition) is 2. The van der Waals surface area contributed by atoms with Crippen molar-refractivity contribution in [3.05, 3.63) is 47.8 Å². The summed E-state index contributed by atoms with van der Waals surface area (Å²) in [6, 6.07) is 8.80. The Balaban J connectivity index is 1.64. The van der Waals surface area contributed by atoms with Gasteiger partial charge >= 0.3 is 0 Å². The minimum absolute atomic E-state index is 0.0768. The Morgan fingerprint density at radius 1 is 1.30 bits per heavy atom. The molecular weight excluding hydrogens is 370 g/mol. The molecule has 0 saturated carbocycles. The summed E-state index contributed by atoms with van der Waals surface area (Å²) in [5.41, 5.74) is 1.09. The lowest BCUT2D eigenvalue weighted by molar-refractivity contribution is 0.0730. The number of rotatable bonds is 7. The Morgan fingerprint density at radius 2 is 2.07 bits per heavy atom. The molecule has 1 fully saturated rings. The molecule has 0 aliphatic carbocycles. The minimum Gasteiger partial charge on any atom is -0.494 e. The summed E-state index contributed by atoms with van der Waals surface area (Å²) in [5.74, 6) is 0.364. The maximum atomic E-state index is 12.6. The number of ether oxygens (including phenoxy) is 2. The van der Waals surface area contributed by atoms with Gasteiger partial charge in [-0.1, -0.05) is 12.1 Å². The number of hydrogen-bond acceptors (Lipinski definition) is 5. The molecule has 0 bridgehead atoms. The number of carbonyl (C=O) groups is 1. The first kappa shape index (κ1) is 19.4. The van der Waals surface area contributed by atoms with Gasteiger partial charge in [0.25, 0.3) is 5.91 Å². The van der Waals surface area contributed by atoms with Crippen molar-refractivity contribution in [3.63, 3.8) is 0 Å². The summed E-state index contributed by atoms with van der Waals surface area (Å²) in [4.78, 5) is 15.2. The van der Waals surface area contributed by atoms with Crippen molar-refractivity contribution in [1.82, 2.24) is 14.6 Å². The summed E-state index contributed by atoms with van der Waals surface area (Å²) in [7, 11) is -3.63. The van der Waals surface area contributed by atoms with Crippen LogP contribution in [0.2, 0.25) is 0 Å². The van der Waals surface area contributed by atoms with E-state index >= 15 is 0 Å². The number of nitrogens with zero attached hydrogens (tertiary/aromatic N) is 1. The van der Waals surface area contributed by atoms with Gasteiger partial charge in [-0.2, -0.15) is 4.31 Å². The molecule has 0 unspecified atom stereocenters. The zero-order valence-electron chi connectivity index (χ0n) is 15.1. The van der Waals surface area contributed by atoms with Crippen molar-refractivity contribution in [2.75, 3.05) is 32.9 Å². The van der Waals surface area contributed by atoms with Crippen LogP contribution in [0.15, 0.2) is 41.4 Å². The highest BCUT2D eigenvalue weighted by Gasteiger charge is 2.27. The molecule has 2 N–H and O–H groups in total. The van der Waals surface area contributed by atoms with Gasteiger partial charge in [-0.15, -0.1) is 0 Å². The predicted molar refractivity (Wildman–Crippen MR) is 99.2 cm³/mol. The summed E-state index contributed by atoms with van der Waals surface area (Å²) >= 11 is 0. The Kier molecular flexibility index (Phi) is 6.15. The van der Waals surface area contributed by atoms with Crippen LogP contribution in [0.1, 0.15) is 23.0 Å². The number of aromatic nitrogens is 1. The maximum Gasteiger partial charge on any atom is 0.268 e. The molecule has 3 rings (SSSR count). The van der Waals surface area contributed by atoms with Crippen LogP contribution in [0.4, 0.5) is 0 Å². The summed E-state index contributed by atoms with van der Waals surface area (Å²) in [6.07, 6.45) is 1.34. The molecule has 1 amide bonds. The van der Waals surface area contributed by atoms with E-state index in [1.807, 2.05) is 31.2 Å². The van der Waals surface area contributed by atoms with Crippen molar-refractivity contribution in [3.8, 4) is 5.75 Å². The molecule has 0 atom stereocenters. The van der Waals surface area contributed by atoms with Crippen molar-refractivity contribution >= 4 is 15.9 Å². The smallest absolute Gasteiger partial charge is 0.268 e. The number of carbonyl (C=O) groups excluding carboxylic acids is 1. The Hall–Kier alpha value is -2.36. The lowest BCUT2D eigenvalue weighted by Gasteiger charge is -2.25. The average molecular weight is 393 g/mol. The van der Waals surface area contributed by atoms with E-state index in [0.29, 0.717) is 39.5 Å². The SMILES string of the molecule is CCOc1cccc(CNC(=O)c2cc(S(=O)(=O)N3CCOCC3)c[nH]2)c1. The maximum absolute atomic E-state index is 12.6. The second-order valence-corrected chi connectivity index (χ2v) is 7.97. The van der Waals surface area contributed by atoms with Gasteiger partial charge in [-0.3, -0.25) is 4.79 Å². The van der Waals surface area contributed by atoms with Gasteiger partial charge in [0, 0.05) is 25.8 Å². The van der Waals surface area contributed by atoms with Crippen LogP contribution in [0.3, 0.4) is 0 Å². The van der Waals surface area contributed by atoms with Crippen LogP contribution < -0.4 is 10.1 Å². The number of nitrogens with one attached hydrogen (secondary N) is 2. The van der Waals surface area contributed by atoms with E-state index in [4.69, 9.17) is 9.47 Å². The lowest BCUT2D eigenvalue weighted by atomic mass is 10.2. The van der Waals surface area contributed by atoms with E-state index in [2.05, 4.69) is 10.3 Å². The summed E-state index contributed by atoms with van der Waals surface area (Å²) < 4.78 is 37.2. The predicted octanol–water partition coefficient (Wildman–Crippen LogP) is 1.36. The molecular formula is C18H23N3O5S. The van der Waals surface area contributed by atoms with Crippen molar-refractivity contribution < 1.29 is 22.7 Å². The Labute approximate surface area is 158 Å². The normalized spacial score (nSPS) is 15.4. The fraction of sp³-hybridized carbons (Fsp3) is 0.389. The first-order valence-corrected chi connectivity index (χ1v) is 10.2. The van der Waals surface area contributed by atoms with Crippen molar-refractivity contribution in [1.29, 1.82) is 0 Å². The number of aromatic amines is 1. The van der Waals surface area contributed by atoms with Gasteiger partial charge in [0.1, 0.15) is 16.3 Å². The van der Waals surface area contributed by atoms with E-state index in [-0.39, 0.29) is 16.5 Å². The molecule has 2 heterocycles. The molecule has 1 aliphatic rings. The second kappa shape index (κ2) is 8.55. The molecule has 0 spiro atoms. The van der Waals surface area contributed by atoms with E-state index in [1.165, 1.54) is 16.6 Å². The van der Waals surface area contributed by atoms with Crippen molar-refractivity contribution in [2.45, 2.75) is 18.4 Å². The van der Waals surface area contributed by atoms with Crippen molar-refractivity contribution in [2.24, 2.45) is 0 Å². The molecule has 0 radical (unpaired) electrons. The third kappa shape index (κ3) is 4.68. The van der Waals surface area contributed by atoms with Crippen LogP contribution in [-0.4, -0.2) is 56.5 Å². The minimum atomic E-state index is -3.63. The molecule has 27 heavy (non-hydrogen) atoms. The zero-order chi connectivity index (χ0) is 19.3. The molecule has 1 aromatic carbocycles. The van der Waals surface area contributed by atoms with Crippen LogP contribution >= 0.6 is 0 Å². The number of benzene rings is 1. The Morgan fingerprint density at radius 3 is 2.81 bits per heavy atom. The lowest BCUT2D eigenvalue weighted by Crippen LogP contribution is -2.40. The molecule has 1 aromatic heterocycles. The largest absolute Gasteiger partial charge is 0.494 e. The summed E-state index contributed by atoms with van der Waals surface area (Å²) in [6.45, 7) is 4.15. The van der Waals surface area contributed by atoms with Crippen LogP contribution in [-0.2, 0) is 21.3 Å². The standard InChI is InChI=1S/C18H23N3O5S/c1-2-26-15-5-3-4-14(10-15)12-20-18(22)17-11-16(13-19-17)27(23,24)21-6-8-25-9-7-21/h3-5,10-11,13,19H,2,6-9,12H2,1H3,(H,20,22). The highest BCUT2D eigenvalue weighted by molar-refractivity contribution is 7.89. The fourth-order valence-corrected chi connectivity index (χ4v) is 4.18. The van der Waals surface area contributed by atoms with E-state index < -0.39 is 10.0 Å². The van der Waals surface area contributed by atoms with Crippen LogP contribution in [0.25, 0.3) is 0 Å². The molecule has 8 nitrogen and oxygen atoms in total. The fourth-order valence-electron chi connectivity index (χ4n) is 2.78. The van der Waals surface area contributed by atoms with Crippen LogP contribution in [0.5, 0.6) is 5.75 Å². The molecule has 146 valence electrons. The van der Waals surface area contributed by atoms with Gasteiger partial charge in [-0.05, 0) is 30.7 Å². The monoisotopic (exact) mass is 393 g/mol. The molecule has 2 aromatic rings. The number of morpholine rings is 1. The third-order valence-corrected chi connectivity index (χ3v) is 6.05. The average Bonchev–Trinajstić information content (AvgIpc) is 3.19. The number of sulfonamides is 1. The van der Waals surface area contributed by atoms with E-state index in [1.54, 1.807) is 0 Å². The van der Waals surface area contributed by atoms with Gasteiger partial charge in [0.2, 0.25) is 10.0 Å². The Bertz CT molecular complexity index is 888. The van der Waals surface area contributed by atoms with Crippen LogP contribution in [0, 0.1) is 0 Å². The van der Waals surface area contributed by atoms with E-state index in [0.717, 1.165) is 11.3 Å². The van der Waals surface area contributed by atoms with Gasteiger partial charge in [-0.25, -0.2) is 8.42 Å². The quantitative estimate of drug-likeness (QED) is 0.740. The first-order valence-electron chi connectivity index (χ1n) is 8.77. The molecule has 1 saturated heterocycles. The third-order valence-electron chi connectivity index (χ3n) is 4.17. The van der Waals surface area contributed by atoms with Gasteiger partial charge in [0.15, 0.2) is 0 Å². The number of H-pyrrole nitrogens is 1. The first-order chi connectivity index (χ1) is 13.0. The zero-order valence-corrected chi connectivity index (χ0v) is 15.9. The van der Waals surface area contributed by atoms with Gasteiger partial charge in [0.05, 0.1) is 19.8 Å². The molecule has 9 heteroatoms. The highest BCUT2D eigenvalue weighted by Crippen LogP contribution is 2.18. The van der Waals surface area contributed by atoms with Gasteiger partial charge < -0.3 is 19.8 Å². The number of amides is 1. The highest BCUT2D eigenvalue weighted by atomic mass is 32.2.